The van der Waals surface area contributed by atoms with Crippen molar-refractivity contribution in [2.45, 2.75) is 0 Å². The van der Waals surface area contributed by atoms with Crippen LogP contribution in [0.4, 0.5) is 17.1 Å². The van der Waals surface area contributed by atoms with Crippen molar-refractivity contribution in [2.24, 2.45) is 0 Å². The summed E-state index contributed by atoms with van der Waals surface area (Å²) >= 11 is 0. The van der Waals surface area contributed by atoms with Gasteiger partial charge in [0.25, 0.3) is 11.6 Å². The number of pyridine rings is 1. The SMILES string of the molecule is O=C(Nc1cnc2ccccc2c1)c1cc([N+](=O)[O-])ccc1N1CCOCC1. The van der Waals surface area contributed by atoms with E-state index in [1.54, 1.807) is 12.3 Å². The molecule has 1 aliphatic heterocycles. The zero-order chi connectivity index (χ0) is 19.5. The number of nitro groups is 1. The summed E-state index contributed by atoms with van der Waals surface area (Å²) in [7, 11) is 0. The Kier molecular flexibility index (Phi) is 4.86. The minimum absolute atomic E-state index is 0.126. The molecule has 4 rings (SSSR count). The normalized spacial score (nSPS) is 14.1. The maximum Gasteiger partial charge on any atom is 0.270 e. The van der Waals surface area contributed by atoms with Crippen molar-refractivity contribution in [3.05, 3.63) is 70.4 Å². The Bertz CT molecular complexity index is 1050. The van der Waals surface area contributed by atoms with Crippen LogP contribution < -0.4 is 10.2 Å². The van der Waals surface area contributed by atoms with E-state index in [0.29, 0.717) is 37.7 Å². The third-order valence-corrected chi connectivity index (χ3v) is 4.64. The summed E-state index contributed by atoms with van der Waals surface area (Å²) in [5.74, 6) is -0.415. The maximum atomic E-state index is 13.0. The van der Waals surface area contributed by atoms with Crippen LogP contribution in [0.25, 0.3) is 10.9 Å². The van der Waals surface area contributed by atoms with Crippen molar-refractivity contribution in [1.29, 1.82) is 0 Å². The fourth-order valence-electron chi connectivity index (χ4n) is 3.24. The molecule has 0 bridgehead atoms. The lowest BCUT2D eigenvalue weighted by Gasteiger charge is -2.30. The van der Waals surface area contributed by atoms with Gasteiger partial charge in [0.05, 0.1) is 46.8 Å². The Morgan fingerprint density at radius 1 is 1.14 bits per heavy atom. The van der Waals surface area contributed by atoms with Crippen molar-refractivity contribution >= 4 is 33.9 Å². The van der Waals surface area contributed by atoms with Gasteiger partial charge in [0.1, 0.15) is 0 Å². The van der Waals surface area contributed by atoms with Crippen molar-refractivity contribution < 1.29 is 14.5 Å². The number of hydrogen-bond donors (Lipinski definition) is 1. The number of para-hydroxylation sites is 1. The Hall–Kier alpha value is -3.52. The van der Waals surface area contributed by atoms with E-state index in [4.69, 9.17) is 4.74 Å². The average molecular weight is 378 g/mol. The highest BCUT2D eigenvalue weighted by atomic mass is 16.6. The number of benzene rings is 2. The van der Waals surface area contributed by atoms with Gasteiger partial charge < -0.3 is 15.0 Å². The van der Waals surface area contributed by atoms with Gasteiger partial charge in [-0.3, -0.25) is 19.9 Å². The number of fused-ring (bicyclic) bond motifs is 1. The maximum absolute atomic E-state index is 13.0. The predicted octanol–water partition coefficient (Wildman–Crippen LogP) is 3.23. The van der Waals surface area contributed by atoms with Gasteiger partial charge in [0.2, 0.25) is 0 Å². The van der Waals surface area contributed by atoms with Crippen LogP contribution in [0.15, 0.2) is 54.7 Å². The number of rotatable bonds is 4. The van der Waals surface area contributed by atoms with Gasteiger partial charge in [-0.25, -0.2) is 0 Å². The van der Waals surface area contributed by atoms with Gasteiger partial charge in [-0.05, 0) is 18.2 Å². The predicted molar refractivity (Wildman–Crippen MR) is 106 cm³/mol. The number of anilines is 2. The zero-order valence-corrected chi connectivity index (χ0v) is 15.0. The van der Waals surface area contributed by atoms with E-state index in [1.165, 1.54) is 12.1 Å². The molecule has 0 spiro atoms. The van der Waals surface area contributed by atoms with E-state index in [0.717, 1.165) is 10.9 Å². The van der Waals surface area contributed by atoms with Crippen LogP contribution in [0.3, 0.4) is 0 Å². The minimum Gasteiger partial charge on any atom is -0.378 e. The fraction of sp³-hybridized carbons (Fsp3) is 0.200. The van der Waals surface area contributed by atoms with Crippen LogP contribution in [0.5, 0.6) is 0 Å². The molecular weight excluding hydrogens is 360 g/mol. The quantitative estimate of drug-likeness (QED) is 0.553. The van der Waals surface area contributed by atoms with Crippen LogP contribution in [0.1, 0.15) is 10.4 Å². The van der Waals surface area contributed by atoms with Gasteiger partial charge in [-0.1, -0.05) is 18.2 Å². The molecule has 0 aliphatic carbocycles. The number of amides is 1. The number of hydrogen-bond acceptors (Lipinski definition) is 6. The molecular formula is C20H18N4O4. The Morgan fingerprint density at radius 3 is 2.71 bits per heavy atom. The lowest BCUT2D eigenvalue weighted by atomic mass is 10.1. The first-order valence-electron chi connectivity index (χ1n) is 8.89. The Balaban J connectivity index is 1.67. The molecule has 1 amide bonds. The molecule has 2 heterocycles. The third kappa shape index (κ3) is 3.63. The first-order valence-corrected chi connectivity index (χ1v) is 8.89. The second-order valence-corrected chi connectivity index (χ2v) is 6.43. The molecule has 1 aliphatic rings. The van der Waals surface area contributed by atoms with E-state index in [-0.39, 0.29) is 11.3 Å². The molecule has 8 nitrogen and oxygen atoms in total. The molecule has 3 aromatic rings. The standard InChI is InChI=1S/C20H18N4O4/c25-20(22-15-11-14-3-1-2-4-18(14)21-13-15)17-12-16(24(26)27)5-6-19(17)23-7-9-28-10-8-23/h1-6,11-13H,7-10H2,(H,22,25). The number of aromatic nitrogens is 1. The summed E-state index contributed by atoms with van der Waals surface area (Å²) in [6.07, 6.45) is 1.58. The van der Waals surface area contributed by atoms with Gasteiger partial charge in [0, 0.05) is 30.6 Å². The number of nitrogens with zero attached hydrogens (tertiary/aromatic N) is 3. The highest BCUT2D eigenvalue weighted by molar-refractivity contribution is 6.09. The smallest absolute Gasteiger partial charge is 0.270 e. The van der Waals surface area contributed by atoms with Gasteiger partial charge in [-0.2, -0.15) is 0 Å². The lowest BCUT2D eigenvalue weighted by molar-refractivity contribution is -0.384. The number of morpholine rings is 1. The molecule has 0 radical (unpaired) electrons. The molecule has 1 fully saturated rings. The molecule has 0 atom stereocenters. The monoisotopic (exact) mass is 378 g/mol. The largest absolute Gasteiger partial charge is 0.378 e. The molecule has 1 aromatic heterocycles. The summed E-state index contributed by atoms with van der Waals surface area (Å²) in [5.41, 5.74) is 2.14. The summed E-state index contributed by atoms with van der Waals surface area (Å²) < 4.78 is 5.36. The van der Waals surface area contributed by atoms with E-state index in [2.05, 4.69) is 10.3 Å². The average Bonchev–Trinajstić information content (AvgIpc) is 2.73. The molecule has 142 valence electrons. The Morgan fingerprint density at radius 2 is 1.93 bits per heavy atom. The molecule has 28 heavy (non-hydrogen) atoms. The first-order chi connectivity index (χ1) is 13.6. The number of ether oxygens (including phenoxy) is 1. The Labute approximate surface area is 160 Å². The molecule has 0 unspecified atom stereocenters. The third-order valence-electron chi connectivity index (χ3n) is 4.64. The number of nitro benzene ring substituents is 1. The topological polar surface area (TPSA) is 97.6 Å². The zero-order valence-electron chi connectivity index (χ0n) is 15.0. The first kappa shape index (κ1) is 17.9. The number of nitrogens with one attached hydrogen (secondary N) is 1. The van der Waals surface area contributed by atoms with E-state index in [1.807, 2.05) is 35.2 Å². The fourth-order valence-corrected chi connectivity index (χ4v) is 3.24. The second kappa shape index (κ2) is 7.61. The molecule has 2 aromatic carbocycles. The second-order valence-electron chi connectivity index (χ2n) is 6.43. The summed E-state index contributed by atoms with van der Waals surface area (Å²) in [5, 5.41) is 14.9. The van der Waals surface area contributed by atoms with Crippen LogP contribution >= 0.6 is 0 Å². The van der Waals surface area contributed by atoms with Crippen molar-refractivity contribution in [3.8, 4) is 0 Å². The van der Waals surface area contributed by atoms with Gasteiger partial charge >= 0.3 is 0 Å². The van der Waals surface area contributed by atoms with E-state index >= 15 is 0 Å². The minimum atomic E-state index is -0.503. The molecule has 1 saturated heterocycles. The lowest BCUT2D eigenvalue weighted by Crippen LogP contribution is -2.37. The van der Waals surface area contributed by atoms with E-state index < -0.39 is 10.8 Å². The number of non-ortho nitro benzene ring substituents is 1. The van der Waals surface area contributed by atoms with Crippen molar-refractivity contribution in [3.63, 3.8) is 0 Å². The van der Waals surface area contributed by atoms with Crippen molar-refractivity contribution in [1.82, 2.24) is 4.98 Å². The van der Waals surface area contributed by atoms with Crippen LogP contribution in [-0.4, -0.2) is 42.1 Å². The number of carbonyl (C=O) groups is 1. The summed E-state index contributed by atoms with van der Waals surface area (Å²) in [4.78, 5) is 30.0. The highest BCUT2D eigenvalue weighted by Gasteiger charge is 2.22. The molecule has 0 saturated carbocycles. The highest BCUT2D eigenvalue weighted by Crippen LogP contribution is 2.27. The van der Waals surface area contributed by atoms with E-state index in [9.17, 15) is 14.9 Å². The molecule has 8 heteroatoms. The van der Waals surface area contributed by atoms with Crippen LogP contribution in [0.2, 0.25) is 0 Å². The van der Waals surface area contributed by atoms with Crippen LogP contribution in [0, 0.1) is 10.1 Å². The summed E-state index contributed by atoms with van der Waals surface area (Å²) in [6.45, 7) is 2.34. The van der Waals surface area contributed by atoms with Crippen molar-refractivity contribution in [2.75, 3.05) is 36.5 Å². The summed E-state index contributed by atoms with van der Waals surface area (Å²) in [6, 6.07) is 13.8. The van der Waals surface area contributed by atoms with Gasteiger partial charge in [-0.15, -0.1) is 0 Å². The molecule has 1 N–H and O–H groups in total. The van der Waals surface area contributed by atoms with Crippen LogP contribution in [-0.2, 0) is 4.74 Å². The number of carbonyl (C=O) groups excluding carboxylic acids is 1. The van der Waals surface area contributed by atoms with Gasteiger partial charge in [0.15, 0.2) is 0 Å².